The molecule has 2 saturated heterocycles. The molecule has 2 aliphatic heterocycles. The summed E-state index contributed by atoms with van der Waals surface area (Å²) in [4.78, 5) is 30.8. The van der Waals surface area contributed by atoms with Gasteiger partial charge in [-0.05, 0) is 29.8 Å². The van der Waals surface area contributed by atoms with Crippen molar-refractivity contribution in [2.75, 3.05) is 38.1 Å². The minimum Gasteiger partial charge on any atom is -0.366 e. The molecule has 2 aromatic carbocycles. The SMILES string of the molecule is CN1C(=O)C[C@@H](C(=O)N2CCN(c3ccccc3F)CC2)[C@H]1c1ccc(F)cc1. The van der Waals surface area contributed by atoms with Crippen molar-refractivity contribution in [2.45, 2.75) is 12.5 Å². The van der Waals surface area contributed by atoms with Crippen molar-refractivity contribution in [1.29, 1.82) is 0 Å². The second kappa shape index (κ2) is 7.81. The predicted molar refractivity (Wildman–Crippen MR) is 105 cm³/mol. The summed E-state index contributed by atoms with van der Waals surface area (Å²) in [6.45, 7) is 2.00. The molecule has 2 heterocycles. The highest BCUT2D eigenvalue weighted by molar-refractivity contribution is 5.90. The number of anilines is 1. The third-order valence-corrected chi connectivity index (χ3v) is 5.90. The number of benzene rings is 2. The van der Waals surface area contributed by atoms with E-state index in [2.05, 4.69) is 0 Å². The van der Waals surface area contributed by atoms with Crippen LogP contribution in [0.1, 0.15) is 18.0 Å². The van der Waals surface area contributed by atoms with Gasteiger partial charge >= 0.3 is 0 Å². The highest BCUT2D eigenvalue weighted by atomic mass is 19.1. The van der Waals surface area contributed by atoms with Gasteiger partial charge in [-0.25, -0.2) is 8.78 Å². The van der Waals surface area contributed by atoms with Gasteiger partial charge in [0, 0.05) is 39.6 Å². The number of hydrogen-bond acceptors (Lipinski definition) is 3. The lowest BCUT2D eigenvalue weighted by molar-refractivity contribution is -0.136. The highest BCUT2D eigenvalue weighted by Crippen LogP contribution is 2.38. The summed E-state index contributed by atoms with van der Waals surface area (Å²) >= 11 is 0. The zero-order valence-corrected chi connectivity index (χ0v) is 16.2. The molecule has 5 nitrogen and oxygen atoms in total. The lowest BCUT2D eigenvalue weighted by atomic mass is 9.92. The maximum atomic E-state index is 14.0. The first-order valence-electron chi connectivity index (χ1n) is 9.75. The zero-order valence-electron chi connectivity index (χ0n) is 16.2. The summed E-state index contributed by atoms with van der Waals surface area (Å²) < 4.78 is 27.3. The van der Waals surface area contributed by atoms with Gasteiger partial charge in [-0.3, -0.25) is 9.59 Å². The second-order valence-corrected chi connectivity index (χ2v) is 7.58. The van der Waals surface area contributed by atoms with Crippen molar-refractivity contribution >= 4 is 17.5 Å². The summed E-state index contributed by atoms with van der Waals surface area (Å²) in [6, 6.07) is 12.2. The van der Waals surface area contributed by atoms with Crippen LogP contribution in [0.2, 0.25) is 0 Å². The Morgan fingerprint density at radius 3 is 2.28 bits per heavy atom. The van der Waals surface area contributed by atoms with Gasteiger partial charge in [0.1, 0.15) is 11.6 Å². The van der Waals surface area contributed by atoms with Crippen LogP contribution in [-0.4, -0.2) is 54.8 Å². The Hall–Kier alpha value is -2.96. The summed E-state index contributed by atoms with van der Waals surface area (Å²) in [6.07, 6.45) is 0.144. The van der Waals surface area contributed by atoms with E-state index in [0.29, 0.717) is 31.9 Å². The summed E-state index contributed by atoms with van der Waals surface area (Å²) in [5.74, 6) is -1.30. The molecule has 2 fully saturated rings. The number of nitrogens with zero attached hydrogens (tertiary/aromatic N) is 3. The first-order chi connectivity index (χ1) is 14.0. The molecule has 0 radical (unpaired) electrons. The largest absolute Gasteiger partial charge is 0.366 e. The second-order valence-electron chi connectivity index (χ2n) is 7.58. The molecule has 2 aromatic rings. The fraction of sp³-hybridized carbons (Fsp3) is 0.364. The van der Waals surface area contributed by atoms with Crippen LogP contribution in [0.5, 0.6) is 0 Å². The quantitative estimate of drug-likeness (QED) is 0.797. The Bertz CT molecular complexity index is 911. The minimum absolute atomic E-state index is 0.0785. The van der Waals surface area contributed by atoms with Crippen molar-refractivity contribution < 1.29 is 18.4 Å². The molecule has 0 unspecified atom stereocenters. The van der Waals surface area contributed by atoms with E-state index in [1.807, 2.05) is 4.90 Å². The van der Waals surface area contributed by atoms with Gasteiger partial charge in [-0.2, -0.15) is 0 Å². The number of para-hydroxylation sites is 1. The normalized spacial score (nSPS) is 22.3. The average Bonchev–Trinajstić information content (AvgIpc) is 3.03. The Balaban J connectivity index is 1.48. The molecular formula is C22H23F2N3O2. The van der Waals surface area contributed by atoms with E-state index in [9.17, 15) is 18.4 Å². The fourth-order valence-corrected chi connectivity index (χ4v) is 4.32. The molecule has 0 bridgehead atoms. The maximum Gasteiger partial charge on any atom is 0.228 e. The van der Waals surface area contributed by atoms with Crippen LogP contribution < -0.4 is 4.90 Å². The van der Waals surface area contributed by atoms with E-state index in [4.69, 9.17) is 0 Å². The van der Waals surface area contributed by atoms with Gasteiger partial charge in [0.25, 0.3) is 0 Å². The first-order valence-corrected chi connectivity index (χ1v) is 9.75. The molecule has 2 atom stereocenters. The Morgan fingerprint density at radius 2 is 1.62 bits per heavy atom. The minimum atomic E-state index is -0.502. The van der Waals surface area contributed by atoms with Crippen molar-refractivity contribution in [3.8, 4) is 0 Å². The number of rotatable bonds is 3. The van der Waals surface area contributed by atoms with Crippen molar-refractivity contribution in [3.63, 3.8) is 0 Å². The molecule has 7 heteroatoms. The van der Waals surface area contributed by atoms with Crippen LogP contribution >= 0.6 is 0 Å². The van der Waals surface area contributed by atoms with Gasteiger partial charge in [-0.15, -0.1) is 0 Å². The summed E-state index contributed by atoms with van der Waals surface area (Å²) in [7, 11) is 1.68. The van der Waals surface area contributed by atoms with E-state index in [-0.39, 0.29) is 29.9 Å². The van der Waals surface area contributed by atoms with E-state index >= 15 is 0 Å². The van der Waals surface area contributed by atoms with Gasteiger partial charge < -0.3 is 14.7 Å². The lowest BCUT2D eigenvalue weighted by Crippen LogP contribution is -2.51. The van der Waals surface area contributed by atoms with E-state index in [0.717, 1.165) is 5.56 Å². The molecule has 0 spiro atoms. The predicted octanol–water partition coefficient (Wildman–Crippen LogP) is 2.83. The number of piperazine rings is 1. The molecule has 4 rings (SSSR count). The standard InChI is InChI=1S/C22H23F2N3O2/c1-25-20(28)14-17(21(25)15-6-8-16(23)9-7-15)22(29)27-12-10-26(11-13-27)19-5-3-2-4-18(19)24/h2-9,17,21H,10-14H2,1H3/t17-,21-/m1/s1. The summed E-state index contributed by atoms with van der Waals surface area (Å²) in [5, 5.41) is 0. The van der Waals surface area contributed by atoms with E-state index in [1.165, 1.54) is 18.2 Å². The molecule has 2 amide bonds. The van der Waals surface area contributed by atoms with Gasteiger partial charge in [0.2, 0.25) is 11.8 Å². The average molecular weight is 399 g/mol. The Labute approximate surface area is 168 Å². The molecule has 152 valence electrons. The Kier molecular flexibility index (Phi) is 5.22. The molecule has 2 aliphatic rings. The maximum absolute atomic E-state index is 14.0. The lowest BCUT2D eigenvalue weighted by Gasteiger charge is -2.38. The molecular weight excluding hydrogens is 376 g/mol. The number of carbonyl (C=O) groups excluding carboxylic acids is 2. The van der Waals surface area contributed by atoms with Crippen molar-refractivity contribution in [1.82, 2.24) is 9.80 Å². The van der Waals surface area contributed by atoms with Crippen molar-refractivity contribution in [3.05, 3.63) is 65.7 Å². The van der Waals surface area contributed by atoms with Crippen LogP contribution in [0.4, 0.5) is 14.5 Å². The van der Waals surface area contributed by atoms with Crippen LogP contribution in [0.25, 0.3) is 0 Å². The van der Waals surface area contributed by atoms with Crippen LogP contribution in [0, 0.1) is 17.6 Å². The summed E-state index contributed by atoms with van der Waals surface area (Å²) in [5.41, 5.74) is 1.29. The highest BCUT2D eigenvalue weighted by Gasteiger charge is 2.44. The first kappa shape index (κ1) is 19.4. The number of carbonyl (C=O) groups is 2. The Morgan fingerprint density at radius 1 is 0.966 bits per heavy atom. The van der Waals surface area contributed by atoms with Crippen LogP contribution in [0.15, 0.2) is 48.5 Å². The molecule has 0 aromatic heterocycles. The van der Waals surface area contributed by atoms with Crippen LogP contribution in [0.3, 0.4) is 0 Å². The van der Waals surface area contributed by atoms with Gasteiger partial charge in [0.15, 0.2) is 0 Å². The fourth-order valence-electron chi connectivity index (χ4n) is 4.32. The number of likely N-dealkylation sites (tertiary alicyclic amines) is 1. The molecule has 0 aliphatic carbocycles. The number of halogens is 2. The molecule has 29 heavy (non-hydrogen) atoms. The smallest absolute Gasteiger partial charge is 0.228 e. The number of hydrogen-bond donors (Lipinski definition) is 0. The number of amides is 2. The van der Waals surface area contributed by atoms with Crippen LogP contribution in [-0.2, 0) is 9.59 Å². The van der Waals surface area contributed by atoms with Crippen molar-refractivity contribution in [2.24, 2.45) is 5.92 Å². The molecule has 0 saturated carbocycles. The van der Waals surface area contributed by atoms with Gasteiger partial charge in [-0.1, -0.05) is 24.3 Å². The van der Waals surface area contributed by atoms with Gasteiger partial charge in [0.05, 0.1) is 17.6 Å². The topological polar surface area (TPSA) is 43.9 Å². The van der Waals surface area contributed by atoms with E-state index < -0.39 is 12.0 Å². The third kappa shape index (κ3) is 3.69. The monoisotopic (exact) mass is 399 g/mol. The third-order valence-electron chi connectivity index (χ3n) is 5.90. The van der Waals surface area contributed by atoms with E-state index in [1.54, 1.807) is 47.2 Å². The molecule has 0 N–H and O–H groups in total. The zero-order chi connectivity index (χ0) is 20.5.